The summed E-state index contributed by atoms with van der Waals surface area (Å²) in [5.74, 6) is 0. The molecular weight excluding hydrogens is 158 g/mol. The predicted molar refractivity (Wildman–Crippen MR) is 57.4 cm³/mol. The van der Waals surface area contributed by atoms with Crippen molar-refractivity contribution in [2.45, 2.75) is 6.04 Å². The Bertz CT molecular complexity index is 269. The first kappa shape index (κ1) is 10.0. The van der Waals surface area contributed by atoms with Gasteiger partial charge in [0.2, 0.25) is 0 Å². The highest BCUT2D eigenvalue weighted by molar-refractivity contribution is 5.20. The minimum Gasteiger partial charge on any atom is -0.321 e. The topological polar surface area (TPSA) is 0 Å². The lowest BCUT2D eigenvalue weighted by Crippen LogP contribution is -2.37. The van der Waals surface area contributed by atoms with Gasteiger partial charge >= 0.3 is 0 Å². The summed E-state index contributed by atoms with van der Waals surface area (Å²) in [7, 11) is 6.54. The zero-order chi connectivity index (χ0) is 9.90. The minimum atomic E-state index is 0.376. The first-order valence-corrected chi connectivity index (χ1v) is 4.54. The van der Waals surface area contributed by atoms with Crippen molar-refractivity contribution in [3.05, 3.63) is 48.6 Å². The van der Waals surface area contributed by atoms with Crippen molar-refractivity contribution in [2.75, 3.05) is 21.1 Å². The lowest BCUT2D eigenvalue weighted by atomic mass is 10.1. The standard InChI is InChI=1S/C12H18N/c1-5-12(13(2,3)4)11-9-7-6-8-10-11/h5-10,12H,1H2,2-4H3/q+1/t12-/m0/s1. The summed E-state index contributed by atoms with van der Waals surface area (Å²) in [6, 6.07) is 10.9. The molecule has 0 fully saturated rings. The van der Waals surface area contributed by atoms with Gasteiger partial charge in [-0.3, -0.25) is 0 Å². The average molecular weight is 176 g/mol. The normalized spacial score (nSPS) is 13.8. The number of hydrogen-bond donors (Lipinski definition) is 0. The number of hydrogen-bond acceptors (Lipinski definition) is 0. The lowest BCUT2D eigenvalue weighted by Gasteiger charge is -2.32. The van der Waals surface area contributed by atoms with Crippen LogP contribution in [0.3, 0.4) is 0 Å². The van der Waals surface area contributed by atoms with Crippen molar-refractivity contribution in [2.24, 2.45) is 0 Å². The fourth-order valence-corrected chi connectivity index (χ4v) is 1.55. The van der Waals surface area contributed by atoms with Crippen LogP contribution in [-0.4, -0.2) is 25.6 Å². The van der Waals surface area contributed by atoms with E-state index in [1.54, 1.807) is 0 Å². The van der Waals surface area contributed by atoms with E-state index in [-0.39, 0.29) is 0 Å². The van der Waals surface area contributed by atoms with Crippen molar-refractivity contribution in [3.63, 3.8) is 0 Å². The SMILES string of the molecule is C=C[C@@H](c1ccccc1)[N+](C)(C)C. The Kier molecular flexibility index (Phi) is 2.89. The maximum atomic E-state index is 3.89. The van der Waals surface area contributed by atoms with Crippen LogP contribution in [0, 0.1) is 0 Å². The second-order valence-corrected chi connectivity index (χ2v) is 4.21. The molecule has 0 aliphatic carbocycles. The molecule has 0 saturated carbocycles. The molecule has 0 unspecified atom stereocenters. The molecule has 0 saturated heterocycles. The molecule has 1 aromatic rings. The Balaban J connectivity index is 2.99. The highest BCUT2D eigenvalue weighted by atomic mass is 15.3. The van der Waals surface area contributed by atoms with Crippen LogP contribution < -0.4 is 0 Å². The van der Waals surface area contributed by atoms with E-state index in [1.807, 2.05) is 12.1 Å². The Morgan fingerprint density at radius 2 is 1.69 bits per heavy atom. The average Bonchev–Trinajstić information content (AvgIpc) is 2.05. The zero-order valence-electron chi connectivity index (χ0n) is 8.70. The maximum Gasteiger partial charge on any atom is 0.133 e. The Morgan fingerprint density at radius 1 is 1.15 bits per heavy atom. The van der Waals surface area contributed by atoms with Gasteiger partial charge in [0.05, 0.1) is 21.1 Å². The molecule has 1 rings (SSSR count). The van der Waals surface area contributed by atoms with Crippen LogP contribution in [-0.2, 0) is 0 Å². The summed E-state index contributed by atoms with van der Waals surface area (Å²) in [5.41, 5.74) is 1.32. The molecule has 13 heavy (non-hydrogen) atoms. The van der Waals surface area contributed by atoms with Crippen molar-refractivity contribution < 1.29 is 4.48 Å². The van der Waals surface area contributed by atoms with Gasteiger partial charge in [-0.25, -0.2) is 0 Å². The summed E-state index contributed by atoms with van der Waals surface area (Å²) < 4.78 is 0.882. The molecule has 0 bridgehead atoms. The van der Waals surface area contributed by atoms with Crippen LogP contribution in [0.15, 0.2) is 43.0 Å². The van der Waals surface area contributed by atoms with Crippen molar-refractivity contribution in [3.8, 4) is 0 Å². The molecule has 70 valence electrons. The van der Waals surface area contributed by atoms with Gasteiger partial charge in [-0.2, -0.15) is 0 Å². The second kappa shape index (κ2) is 3.75. The van der Waals surface area contributed by atoms with Gasteiger partial charge in [0.15, 0.2) is 0 Å². The minimum absolute atomic E-state index is 0.376. The molecule has 0 spiro atoms. The Morgan fingerprint density at radius 3 is 2.08 bits per heavy atom. The quantitative estimate of drug-likeness (QED) is 0.490. The van der Waals surface area contributed by atoms with Gasteiger partial charge in [0, 0.05) is 5.56 Å². The summed E-state index contributed by atoms with van der Waals surface area (Å²) in [5, 5.41) is 0. The van der Waals surface area contributed by atoms with E-state index >= 15 is 0 Å². The number of quaternary nitrogens is 1. The molecule has 1 nitrogen and oxygen atoms in total. The van der Waals surface area contributed by atoms with Gasteiger partial charge in [-0.05, 0) is 6.08 Å². The summed E-state index contributed by atoms with van der Waals surface area (Å²) in [6.45, 7) is 3.89. The summed E-state index contributed by atoms with van der Waals surface area (Å²) >= 11 is 0. The van der Waals surface area contributed by atoms with E-state index in [2.05, 4.69) is 52.0 Å². The van der Waals surface area contributed by atoms with Crippen LogP contribution in [0.5, 0.6) is 0 Å². The lowest BCUT2D eigenvalue weighted by molar-refractivity contribution is -0.895. The molecule has 0 amide bonds. The molecule has 1 aromatic carbocycles. The molecule has 0 radical (unpaired) electrons. The molecule has 1 atom stereocenters. The van der Waals surface area contributed by atoms with Gasteiger partial charge in [-0.1, -0.05) is 36.9 Å². The third kappa shape index (κ3) is 2.43. The maximum absolute atomic E-state index is 3.89. The highest BCUT2D eigenvalue weighted by Crippen LogP contribution is 2.23. The van der Waals surface area contributed by atoms with Crippen molar-refractivity contribution in [1.29, 1.82) is 0 Å². The third-order valence-corrected chi connectivity index (χ3v) is 2.20. The molecular formula is C12H18N+. The molecule has 1 heteroatoms. The first-order chi connectivity index (χ1) is 6.05. The smallest absolute Gasteiger partial charge is 0.133 e. The van der Waals surface area contributed by atoms with Crippen molar-refractivity contribution >= 4 is 0 Å². The fraction of sp³-hybridized carbons (Fsp3) is 0.333. The first-order valence-electron chi connectivity index (χ1n) is 4.54. The van der Waals surface area contributed by atoms with Crippen molar-refractivity contribution in [1.82, 2.24) is 0 Å². The van der Waals surface area contributed by atoms with Gasteiger partial charge in [0.25, 0.3) is 0 Å². The van der Waals surface area contributed by atoms with E-state index in [4.69, 9.17) is 0 Å². The van der Waals surface area contributed by atoms with Crippen LogP contribution in [0.25, 0.3) is 0 Å². The fourth-order valence-electron chi connectivity index (χ4n) is 1.55. The van der Waals surface area contributed by atoms with Gasteiger partial charge < -0.3 is 4.48 Å². The van der Waals surface area contributed by atoms with E-state index in [9.17, 15) is 0 Å². The predicted octanol–water partition coefficient (Wildman–Crippen LogP) is 2.62. The molecule has 0 aromatic heterocycles. The third-order valence-electron chi connectivity index (χ3n) is 2.20. The van der Waals surface area contributed by atoms with Crippen LogP contribution in [0.2, 0.25) is 0 Å². The van der Waals surface area contributed by atoms with E-state index < -0.39 is 0 Å². The summed E-state index contributed by atoms with van der Waals surface area (Å²) in [4.78, 5) is 0. The van der Waals surface area contributed by atoms with E-state index in [0.717, 1.165) is 4.48 Å². The largest absolute Gasteiger partial charge is 0.321 e. The number of benzene rings is 1. The van der Waals surface area contributed by atoms with E-state index in [1.165, 1.54) is 5.56 Å². The second-order valence-electron chi connectivity index (χ2n) is 4.21. The Hall–Kier alpha value is -1.08. The molecule has 0 heterocycles. The monoisotopic (exact) mass is 176 g/mol. The van der Waals surface area contributed by atoms with E-state index in [0.29, 0.717) is 6.04 Å². The van der Waals surface area contributed by atoms with Crippen LogP contribution in [0.4, 0.5) is 0 Å². The number of rotatable bonds is 3. The van der Waals surface area contributed by atoms with Gasteiger partial charge in [-0.15, -0.1) is 0 Å². The Labute approximate surface area is 80.9 Å². The number of likely N-dealkylation sites (N-methyl/N-ethyl adjacent to an activating group) is 1. The van der Waals surface area contributed by atoms with Crippen LogP contribution >= 0.6 is 0 Å². The van der Waals surface area contributed by atoms with Crippen LogP contribution in [0.1, 0.15) is 11.6 Å². The zero-order valence-corrected chi connectivity index (χ0v) is 8.70. The molecule has 0 aliphatic rings. The summed E-state index contributed by atoms with van der Waals surface area (Å²) in [6.07, 6.45) is 2.01. The van der Waals surface area contributed by atoms with Gasteiger partial charge in [0.1, 0.15) is 6.04 Å². The number of nitrogens with zero attached hydrogens (tertiary/aromatic N) is 1. The molecule has 0 aliphatic heterocycles. The highest BCUT2D eigenvalue weighted by Gasteiger charge is 2.21. The molecule has 0 N–H and O–H groups in total.